The SMILES string of the molecule is O=C(O)CCN(c1ccccc1Cl)S(=O)(=O)c1ccc(F)cc1. The van der Waals surface area contributed by atoms with Crippen LogP contribution in [-0.4, -0.2) is 26.0 Å². The Labute approximate surface area is 138 Å². The molecule has 0 saturated heterocycles. The highest BCUT2D eigenvalue weighted by Gasteiger charge is 2.27. The number of anilines is 1. The van der Waals surface area contributed by atoms with Crippen molar-refractivity contribution < 1.29 is 22.7 Å². The van der Waals surface area contributed by atoms with E-state index in [9.17, 15) is 17.6 Å². The summed E-state index contributed by atoms with van der Waals surface area (Å²) < 4.78 is 39.4. The van der Waals surface area contributed by atoms with Crippen molar-refractivity contribution in [3.05, 3.63) is 59.4 Å². The van der Waals surface area contributed by atoms with Gasteiger partial charge in [0.15, 0.2) is 0 Å². The topological polar surface area (TPSA) is 74.7 Å². The number of nitrogens with zero attached hydrogens (tertiary/aromatic N) is 1. The summed E-state index contributed by atoms with van der Waals surface area (Å²) in [4.78, 5) is 10.7. The fourth-order valence-electron chi connectivity index (χ4n) is 1.96. The van der Waals surface area contributed by atoms with Gasteiger partial charge in [-0.15, -0.1) is 0 Å². The summed E-state index contributed by atoms with van der Waals surface area (Å²) in [5.74, 6) is -1.71. The first-order chi connectivity index (χ1) is 10.8. The lowest BCUT2D eigenvalue weighted by atomic mass is 10.3. The number of para-hydroxylation sites is 1. The molecule has 0 aliphatic rings. The van der Waals surface area contributed by atoms with E-state index in [4.69, 9.17) is 16.7 Å². The molecule has 23 heavy (non-hydrogen) atoms. The molecule has 2 aromatic carbocycles. The second-order valence-electron chi connectivity index (χ2n) is 4.63. The molecule has 0 aliphatic heterocycles. The number of hydrogen-bond donors (Lipinski definition) is 1. The Hall–Kier alpha value is -2.12. The van der Waals surface area contributed by atoms with Crippen molar-refractivity contribution in [2.75, 3.05) is 10.8 Å². The Morgan fingerprint density at radius 3 is 2.30 bits per heavy atom. The Kier molecular flexibility index (Phi) is 5.23. The molecule has 2 rings (SSSR count). The normalized spacial score (nSPS) is 11.2. The van der Waals surface area contributed by atoms with Crippen LogP contribution in [0.3, 0.4) is 0 Å². The second-order valence-corrected chi connectivity index (χ2v) is 6.90. The molecule has 0 aliphatic carbocycles. The molecule has 0 bridgehead atoms. The number of carboxylic acid groups (broad SMARTS) is 1. The molecule has 122 valence electrons. The highest BCUT2D eigenvalue weighted by Crippen LogP contribution is 2.30. The average Bonchev–Trinajstić information content (AvgIpc) is 2.49. The molecule has 2 aromatic rings. The number of carbonyl (C=O) groups is 1. The standard InChI is InChI=1S/C15H13ClFNO4S/c16-13-3-1-2-4-14(13)18(10-9-15(19)20)23(21,22)12-7-5-11(17)6-8-12/h1-8H,9-10H2,(H,19,20). The zero-order chi connectivity index (χ0) is 17.0. The van der Waals surface area contributed by atoms with Crippen molar-refractivity contribution in [2.45, 2.75) is 11.3 Å². The molecule has 0 radical (unpaired) electrons. The van der Waals surface area contributed by atoms with Crippen molar-refractivity contribution in [3.8, 4) is 0 Å². The monoisotopic (exact) mass is 357 g/mol. The zero-order valence-corrected chi connectivity index (χ0v) is 13.4. The third-order valence-electron chi connectivity index (χ3n) is 3.05. The number of sulfonamides is 1. The maximum atomic E-state index is 13.0. The first kappa shape index (κ1) is 17.2. The number of carboxylic acids is 1. The van der Waals surface area contributed by atoms with Crippen LogP contribution in [-0.2, 0) is 14.8 Å². The van der Waals surface area contributed by atoms with E-state index in [0.29, 0.717) is 0 Å². The molecule has 0 fully saturated rings. The summed E-state index contributed by atoms with van der Waals surface area (Å²) >= 11 is 6.04. The molecule has 1 N–H and O–H groups in total. The minimum atomic E-state index is -4.07. The van der Waals surface area contributed by atoms with Crippen LogP contribution in [0, 0.1) is 5.82 Å². The summed E-state index contributed by atoms with van der Waals surface area (Å²) in [5.41, 5.74) is 0.166. The van der Waals surface area contributed by atoms with Crippen molar-refractivity contribution >= 4 is 33.3 Å². The zero-order valence-electron chi connectivity index (χ0n) is 11.8. The van der Waals surface area contributed by atoms with Crippen LogP contribution < -0.4 is 4.31 Å². The predicted octanol–water partition coefficient (Wildman–Crippen LogP) is 3.15. The molecular formula is C15H13ClFNO4S. The van der Waals surface area contributed by atoms with Gasteiger partial charge < -0.3 is 5.11 Å². The molecular weight excluding hydrogens is 345 g/mol. The number of hydrogen-bond acceptors (Lipinski definition) is 3. The van der Waals surface area contributed by atoms with Crippen LogP contribution in [0.4, 0.5) is 10.1 Å². The molecule has 0 heterocycles. The van der Waals surface area contributed by atoms with Crippen LogP contribution in [0.15, 0.2) is 53.4 Å². The summed E-state index contributed by atoms with van der Waals surface area (Å²) in [6.07, 6.45) is -0.397. The Bertz CT molecular complexity index is 808. The van der Waals surface area contributed by atoms with Crippen molar-refractivity contribution in [1.82, 2.24) is 0 Å². The van der Waals surface area contributed by atoms with Gasteiger partial charge in [-0.3, -0.25) is 9.10 Å². The first-order valence-corrected chi connectivity index (χ1v) is 8.39. The minimum absolute atomic E-state index is 0.149. The van der Waals surface area contributed by atoms with Crippen LogP contribution >= 0.6 is 11.6 Å². The number of halogens is 2. The van der Waals surface area contributed by atoms with Crippen LogP contribution in [0.1, 0.15) is 6.42 Å². The van der Waals surface area contributed by atoms with E-state index < -0.39 is 28.2 Å². The van der Waals surface area contributed by atoms with Gasteiger partial charge in [0.2, 0.25) is 0 Å². The summed E-state index contributed by atoms with van der Waals surface area (Å²) in [6.45, 7) is -0.293. The van der Waals surface area contributed by atoms with E-state index in [2.05, 4.69) is 0 Å². The summed E-state index contributed by atoms with van der Waals surface area (Å²) in [7, 11) is -4.07. The van der Waals surface area contributed by atoms with Crippen molar-refractivity contribution in [2.24, 2.45) is 0 Å². The fraction of sp³-hybridized carbons (Fsp3) is 0.133. The lowest BCUT2D eigenvalue weighted by molar-refractivity contribution is -0.136. The van der Waals surface area contributed by atoms with Crippen molar-refractivity contribution in [1.29, 1.82) is 0 Å². The van der Waals surface area contributed by atoms with Gasteiger partial charge in [0.25, 0.3) is 10.0 Å². The lowest BCUT2D eigenvalue weighted by Crippen LogP contribution is -2.33. The molecule has 0 amide bonds. The lowest BCUT2D eigenvalue weighted by Gasteiger charge is -2.24. The van der Waals surface area contributed by atoms with E-state index >= 15 is 0 Å². The van der Waals surface area contributed by atoms with Gasteiger partial charge in [-0.25, -0.2) is 12.8 Å². The first-order valence-electron chi connectivity index (χ1n) is 6.57. The Balaban J connectivity index is 2.50. The maximum Gasteiger partial charge on any atom is 0.305 e. The Morgan fingerprint density at radius 2 is 1.74 bits per heavy atom. The predicted molar refractivity (Wildman–Crippen MR) is 84.6 cm³/mol. The van der Waals surface area contributed by atoms with Gasteiger partial charge >= 0.3 is 5.97 Å². The second kappa shape index (κ2) is 6.97. The average molecular weight is 358 g/mol. The van der Waals surface area contributed by atoms with E-state index in [1.807, 2.05) is 0 Å². The van der Waals surface area contributed by atoms with Gasteiger partial charge in [0.1, 0.15) is 5.82 Å². The molecule has 0 spiro atoms. The van der Waals surface area contributed by atoms with E-state index in [-0.39, 0.29) is 22.2 Å². The molecule has 5 nitrogen and oxygen atoms in total. The third-order valence-corrected chi connectivity index (χ3v) is 5.20. The highest BCUT2D eigenvalue weighted by molar-refractivity contribution is 7.92. The third kappa shape index (κ3) is 4.00. The van der Waals surface area contributed by atoms with Gasteiger partial charge in [0.05, 0.1) is 22.0 Å². The van der Waals surface area contributed by atoms with Gasteiger partial charge in [-0.2, -0.15) is 0 Å². The molecule has 0 saturated carbocycles. The van der Waals surface area contributed by atoms with Crippen molar-refractivity contribution in [3.63, 3.8) is 0 Å². The minimum Gasteiger partial charge on any atom is -0.481 e. The molecule has 0 aromatic heterocycles. The van der Waals surface area contributed by atoms with Gasteiger partial charge in [-0.05, 0) is 36.4 Å². The summed E-state index contributed by atoms with van der Waals surface area (Å²) in [5, 5.41) is 9.02. The van der Waals surface area contributed by atoms with E-state index in [1.165, 1.54) is 12.1 Å². The van der Waals surface area contributed by atoms with Gasteiger partial charge in [-0.1, -0.05) is 23.7 Å². The number of aliphatic carboxylic acids is 1. The van der Waals surface area contributed by atoms with Gasteiger partial charge in [0, 0.05) is 6.54 Å². The van der Waals surface area contributed by atoms with Crippen LogP contribution in [0.25, 0.3) is 0 Å². The molecule has 0 unspecified atom stereocenters. The van der Waals surface area contributed by atoms with Crippen LogP contribution in [0.2, 0.25) is 5.02 Å². The number of rotatable bonds is 6. The van der Waals surface area contributed by atoms with Crippen LogP contribution in [0.5, 0.6) is 0 Å². The fourth-order valence-corrected chi connectivity index (χ4v) is 3.73. The molecule has 0 atom stereocenters. The maximum absolute atomic E-state index is 13.0. The van der Waals surface area contributed by atoms with E-state index in [0.717, 1.165) is 28.6 Å². The Morgan fingerprint density at radius 1 is 1.13 bits per heavy atom. The molecule has 8 heteroatoms. The quantitative estimate of drug-likeness (QED) is 0.861. The summed E-state index contributed by atoms with van der Waals surface area (Å²) in [6, 6.07) is 10.5. The largest absolute Gasteiger partial charge is 0.481 e. The van der Waals surface area contributed by atoms with E-state index in [1.54, 1.807) is 12.1 Å². The number of benzene rings is 2. The highest BCUT2D eigenvalue weighted by atomic mass is 35.5. The smallest absolute Gasteiger partial charge is 0.305 e.